The second-order valence-electron chi connectivity index (χ2n) is 10.0. The summed E-state index contributed by atoms with van der Waals surface area (Å²) < 4.78 is 0. The first kappa shape index (κ1) is 24.3. The molecule has 0 radical (unpaired) electrons. The van der Waals surface area contributed by atoms with Crippen molar-refractivity contribution in [2.24, 2.45) is 0 Å². The first-order valence-electron chi connectivity index (χ1n) is 13.3. The van der Waals surface area contributed by atoms with Crippen molar-refractivity contribution < 1.29 is 9.90 Å². The van der Waals surface area contributed by atoms with Crippen molar-refractivity contribution in [3.63, 3.8) is 0 Å². The van der Waals surface area contributed by atoms with Gasteiger partial charge in [-0.3, -0.25) is 9.69 Å². The number of nitrogens with zero attached hydrogens (tertiary/aromatic N) is 2. The molecular formula is C32H36N2O2. The predicted octanol–water partition coefficient (Wildman–Crippen LogP) is 6.50. The molecule has 2 saturated heterocycles. The summed E-state index contributed by atoms with van der Waals surface area (Å²) in [7, 11) is 0. The number of amides is 1. The van der Waals surface area contributed by atoms with Gasteiger partial charge in [-0.05, 0) is 86.1 Å². The van der Waals surface area contributed by atoms with E-state index in [1.807, 2.05) is 43.0 Å². The molecular weight excluding hydrogens is 444 g/mol. The Kier molecular flexibility index (Phi) is 7.24. The molecule has 0 aromatic heterocycles. The van der Waals surface area contributed by atoms with E-state index in [0.717, 1.165) is 36.1 Å². The number of phenolic OH excluding ortho intramolecular Hbond substituents is 1. The highest BCUT2D eigenvalue weighted by Crippen LogP contribution is 2.43. The van der Waals surface area contributed by atoms with Crippen LogP contribution in [0.3, 0.4) is 0 Å². The van der Waals surface area contributed by atoms with Crippen LogP contribution < -0.4 is 0 Å². The van der Waals surface area contributed by atoms with Crippen molar-refractivity contribution >= 4 is 11.5 Å². The second-order valence-corrected chi connectivity index (χ2v) is 10.0. The molecule has 2 unspecified atom stereocenters. The van der Waals surface area contributed by atoms with Crippen molar-refractivity contribution in [2.75, 3.05) is 13.1 Å². The second kappa shape index (κ2) is 10.7. The van der Waals surface area contributed by atoms with Crippen LogP contribution in [0.25, 0.3) is 5.57 Å². The fraction of sp³-hybridized carbons (Fsp3) is 0.344. The van der Waals surface area contributed by atoms with Crippen LogP contribution in [0.15, 0.2) is 84.4 Å². The van der Waals surface area contributed by atoms with Crippen LogP contribution in [-0.2, 0) is 6.54 Å². The standard InChI is InChI=1S/C32H36N2O2/c1-3-33(4-2)32(36)25-15-13-24(14-16-25)31(26-11-8-12-30(35)21-26)27-19-28-17-18-29(20-27)34(28)22-23-9-6-5-7-10-23/h5-16,21,28-29,35H,3-4,17-20,22H2,1-2H3. The minimum absolute atomic E-state index is 0.0744. The summed E-state index contributed by atoms with van der Waals surface area (Å²) >= 11 is 0. The van der Waals surface area contributed by atoms with E-state index in [1.54, 1.807) is 6.07 Å². The smallest absolute Gasteiger partial charge is 0.253 e. The molecule has 3 aromatic rings. The number of carbonyl (C=O) groups excluding carboxylic acids is 1. The van der Waals surface area contributed by atoms with Crippen LogP contribution in [0, 0.1) is 0 Å². The Hall–Kier alpha value is -3.37. The SMILES string of the molecule is CCN(CC)C(=O)c1ccc(C(=C2CC3CCC(C2)N3Cc2ccccc2)c2cccc(O)c2)cc1. The van der Waals surface area contributed by atoms with E-state index in [9.17, 15) is 9.90 Å². The third-order valence-corrected chi connectivity index (χ3v) is 7.90. The molecule has 2 aliphatic heterocycles. The van der Waals surface area contributed by atoms with Crippen LogP contribution in [0.5, 0.6) is 5.75 Å². The normalized spacial score (nSPS) is 19.3. The van der Waals surface area contributed by atoms with Gasteiger partial charge in [-0.25, -0.2) is 0 Å². The molecule has 0 saturated carbocycles. The van der Waals surface area contributed by atoms with Crippen LogP contribution in [0.2, 0.25) is 0 Å². The third-order valence-electron chi connectivity index (χ3n) is 7.90. The van der Waals surface area contributed by atoms with Gasteiger partial charge in [0.15, 0.2) is 0 Å². The molecule has 2 aliphatic rings. The number of aromatic hydroxyl groups is 1. The highest BCUT2D eigenvalue weighted by molar-refractivity contribution is 5.95. The van der Waals surface area contributed by atoms with Gasteiger partial charge in [0, 0.05) is 37.3 Å². The van der Waals surface area contributed by atoms with Gasteiger partial charge in [0.05, 0.1) is 0 Å². The molecule has 0 spiro atoms. The zero-order valence-electron chi connectivity index (χ0n) is 21.4. The molecule has 36 heavy (non-hydrogen) atoms. The largest absolute Gasteiger partial charge is 0.508 e. The number of benzene rings is 3. The summed E-state index contributed by atoms with van der Waals surface area (Å²) in [6.45, 7) is 6.44. The Balaban J connectivity index is 1.48. The summed E-state index contributed by atoms with van der Waals surface area (Å²) in [6, 6.07) is 27.6. The average Bonchev–Trinajstić information content (AvgIpc) is 3.12. The zero-order valence-corrected chi connectivity index (χ0v) is 21.4. The summed E-state index contributed by atoms with van der Waals surface area (Å²) in [5.41, 5.74) is 6.93. The molecule has 5 rings (SSSR count). The van der Waals surface area contributed by atoms with E-state index < -0.39 is 0 Å². The Morgan fingerprint density at radius 1 is 0.833 bits per heavy atom. The van der Waals surface area contributed by atoms with E-state index in [0.29, 0.717) is 25.2 Å². The first-order valence-corrected chi connectivity index (χ1v) is 13.3. The molecule has 2 atom stereocenters. The van der Waals surface area contributed by atoms with Crippen LogP contribution in [0.1, 0.15) is 66.6 Å². The number of hydrogen-bond acceptors (Lipinski definition) is 3. The average molecular weight is 481 g/mol. The van der Waals surface area contributed by atoms with Gasteiger partial charge in [0.2, 0.25) is 0 Å². The number of fused-ring (bicyclic) bond motifs is 2. The predicted molar refractivity (Wildman–Crippen MR) is 146 cm³/mol. The topological polar surface area (TPSA) is 43.8 Å². The van der Waals surface area contributed by atoms with Crippen molar-refractivity contribution in [1.82, 2.24) is 9.80 Å². The Labute approximate surface area is 214 Å². The molecule has 4 heteroatoms. The molecule has 2 fully saturated rings. The van der Waals surface area contributed by atoms with Gasteiger partial charge >= 0.3 is 0 Å². The maximum Gasteiger partial charge on any atom is 0.253 e. The summed E-state index contributed by atoms with van der Waals surface area (Å²) in [5.74, 6) is 0.355. The van der Waals surface area contributed by atoms with Gasteiger partial charge in [0.1, 0.15) is 5.75 Å². The van der Waals surface area contributed by atoms with E-state index in [-0.39, 0.29) is 11.7 Å². The molecule has 4 nitrogen and oxygen atoms in total. The fourth-order valence-electron chi connectivity index (χ4n) is 6.07. The van der Waals surface area contributed by atoms with Gasteiger partial charge in [-0.2, -0.15) is 0 Å². The van der Waals surface area contributed by atoms with Crippen LogP contribution >= 0.6 is 0 Å². The number of carbonyl (C=O) groups is 1. The first-order chi connectivity index (χ1) is 17.6. The van der Waals surface area contributed by atoms with Crippen LogP contribution in [-0.4, -0.2) is 46.0 Å². The van der Waals surface area contributed by atoms with Crippen molar-refractivity contribution in [2.45, 2.75) is 58.2 Å². The lowest BCUT2D eigenvalue weighted by Gasteiger charge is -2.37. The molecule has 3 aromatic carbocycles. The van der Waals surface area contributed by atoms with Crippen molar-refractivity contribution in [3.8, 4) is 5.75 Å². The molecule has 1 amide bonds. The lowest BCUT2D eigenvalue weighted by Crippen LogP contribution is -2.40. The Bertz CT molecular complexity index is 1210. The Morgan fingerprint density at radius 3 is 2.08 bits per heavy atom. The lowest BCUT2D eigenvalue weighted by atomic mass is 9.85. The zero-order chi connectivity index (χ0) is 25.1. The highest BCUT2D eigenvalue weighted by atomic mass is 16.3. The number of rotatable bonds is 7. The van der Waals surface area contributed by atoms with Gasteiger partial charge < -0.3 is 10.0 Å². The molecule has 2 heterocycles. The highest BCUT2D eigenvalue weighted by Gasteiger charge is 2.39. The van der Waals surface area contributed by atoms with E-state index in [4.69, 9.17) is 0 Å². The van der Waals surface area contributed by atoms with E-state index >= 15 is 0 Å². The molecule has 186 valence electrons. The number of hydrogen-bond donors (Lipinski definition) is 1. The molecule has 0 aliphatic carbocycles. The maximum absolute atomic E-state index is 12.9. The molecule has 2 bridgehead atoms. The van der Waals surface area contributed by atoms with Gasteiger partial charge in [0.25, 0.3) is 5.91 Å². The summed E-state index contributed by atoms with van der Waals surface area (Å²) in [5, 5.41) is 10.3. The van der Waals surface area contributed by atoms with Crippen LogP contribution in [0.4, 0.5) is 0 Å². The third kappa shape index (κ3) is 4.96. The van der Waals surface area contributed by atoms with Crippen molar-refractivity contribution in [1.29, 1.82) is 0 Å². The Morgan fingerprint density at radius 2 is 1.47 bits per heavy atom. The lowest BCUT2D eigenvalue weighted by molar-refractivity contribution is 0.0773. The summed E-state index contributed by atoms with van der Waals surface area (Å²) in [4.78, 5) is 17.4. The van der Waals surface area contributed by atoms with Gasteiger partial charge in [-0.1, -0.05) is 60.2 Å². The van der Waals surface area contributed by atoms with E-state index in [2.05, 4.69) is 53.4 Å². The maximum atomic E-state index is 12.9. The number of phenols is 1. The molecule has 1 N–H and O–H groups in total. The fourth-order valence-corrected chi connectivity index (χ4v) is 6.07. The van der Waals surface area contributed by atoms with Crippen molar-refractivity contribution in [3.05, 3.63) is 107 Å². The van der Waals surface area contributed by atoms with E-state index in [1.165, 1.54) is 29.6 Å². The summed E-state index contributed by atoms with van der Waals surface area (Å²) in [6.07, 6.45) is 4.53. The minimum Gasteiger partial charge on any atom is -0.508 e. The van der Waals surface area contributed by atoms with Gasteiger partial charge in [-0.15, -0.1) is 0 Å². The minimum atomic E-state index is 0.0744. The quantitative estimate of drug-likeness (QED) is 0.420. The number of piperidine rings is 1. The monoisotopic (exact) mass is 480 g/mol.